The Hall–Kier alpha value is -1.96. The highest BCUT2D eigenvalue weighted by Crippen LogP contribution is 2.43. The third kappa shape index (κ3) is 5.77. The van der Waals surface area contributed by atoms with Crippen molar-refractivity contribution in [2.24, 2.45) is 11.7 Å². The van der Waals surface area contributed by atoms with E-state index in [2.05, 4.69) is 10.6 Å². The third-order valence-electron chi connectivity index (χ3n) is 7.98. The quantitative estimate of drug-likeness (QED) is 0.186. The zero-order chi connectivity index (χ0) is 27.9. The number of fused-ring (bicyclic) bond motifs is 4. The Kier molecular flexibility index (Phi) is 8.42. The van der Waals surface area contributed by atoms with Crippen LogP contribution in [-0.4, -0.2) is 99.9 Å². The molecule has 4 saturated heterocycles. The molecule has 1 aromatic rings. The minimum atomic E-state index is -1.14. The molecule has 4 fully saturated rings. The number of nitrogens with two attached hydrogens (primary N) is 1. The minimum Gasteiger partial charge on any atom is -0.477 e. The number of carboxylic acid groups (broad SMARTS) is 1. The fourth-order valence-electron chi connectivity index (χ4n) is 6.09. The van der Waals surface area contributed by atoms with Crippen LogP contribution in [0.3, 0.4) is 0 Å². The van der Waals surface area contributed by atoms with E-state index in [0.717, 1.165) is 38.0 Å². The molecule has 0 aromatic heterocycles. The summed E-state index contributed by atoms with van der Waals surface area (Å²) in [5, 5.41) is 16.4. The van der Waals surface area contributed by atoms with Crippen molar-refractivity contribution in [3.05, 3.63) is 39.5 Å². The molecule has 5 heterocycles. The molecule has 3 amide bonds. The lowest BCUT2D eigenvalue weighted by molar-refractivity contribution is -0.939. The summed E-state index contributed by atoms with van der Waals surface area (Å²) >= 11 is 14.9. The number of nitrogens with one attached hydrogen (secondary N) is 2. The number of carboxylic acids is 1. The molecule has 1 unspecified atom stereocenters. The summed E-state index contributed by atoms with van der Waals surface area (Å²) in [4.78, 5) is 52.1. The molecule has 0 radical (unpaired) electrons. The Morgan fingerprint density at radius 1 is 1.18 bits per heavy atom. The van der Waals surface area contributed by atoms with E-state index < -0.39 is 23.3 Å². The lowest BCUT2D eigenvalue weighted by atomic mass is 9.81. The average molecular weight is 616 g/mol. The first kappa shape index (κ1) is 28.6. The number of nitrogens with zero attached hydrogens (tertiary/aromatic N) is 2. The van der Waals surface area contributed by atoms with Crippen LogP contribution in [0, 0.1) is 5.92 Å². The van der Waals surface area contributed by atoms with Gasteiger partial charge < -0.3 is 26.0 Å². The lowest BCUT2D eigenvalue weighted by Gasteiger charge is -2.54. The number of carbonyl (C=O) groups is 4. The number of β-lactam (4-membered cyclic amide) rings is 1. The number of benzene rings is 1. The number of carbonyl (C=O) groups excluding carboxylic acids is 3. The number of halogens is 2. The van der Waals surface area contributed by atoms with E-state index in [-0.39, 0.29) is 35.9 Å². The summed E-state index contributed by atoms with van der Waals surface area (Å²) in [7, 11) is 0. The lowest BCUT2D eigenvalue weighted by Crippen LogP contribution is -2.71. The maximum Gasteiger partial charge on any atom is 0.352 e. The van der Waals surface area contributed by atoms with E-state index in [1.54, 1.807) is 18.2 Å². The highest BCUT2D eigenvalue weighted by molar-refractivity contribution is 8.00. The first-order chi connectivity index (χ1) is 18.6. The first-order valence-corrected chi connectivity index (χ1v) is 15.5. The Morgan fingerprint density at radius 3 is 2.62 bits per heavy atom. The fourth-order valence-corrected chi connectivity index (χ4v) is 8.73. The number of rotatable bonds is 9. The minimum absolute atomic E-state index is 0.0197. The maximum atomic E-state index is 13.1. The molecule has 210 valence electrons. The van der Waals surface area contributed by atoms with E-state index in [1.807, 2.05) is 0 Å². The number of hydrogen-bond acceptors (Lipinski definition) is 7. The highest BCUT2D eigenvalue weighted by atomic mass is 35.5. The van der Waals surface area contributed by atoms with Crippen LogP contribution in [0.4, 0.5) is 0 Å². The molecular formula is C25H30Cl2N5O5S2+. The standard InChI is InChI=1S/C25H29Cl2N5O5S2/c26-15-1-2-16(27)18(7-15)38-12-20(34)30-21-23(35)31-22(25(36)37)14(11-39-24(21)31)9-32-5-3-13(4-6-32)17(10-32)29-19(33)8-28/h1-2,7,13,17,21,24H,3-6,8-12,28H2,(H2-,29,30,33,34,36,37)/p+1/t13?,17?,21-,24-,32?/m1/s1. The monoisotopic (exact) mass is 614 g/mol. The Labute approximate surface area is 244 Å². The SMILES string of the molecule is NCC(=O)NC1C[N+]2(CC3=C(C(=O)O)N4C(=O)[C@@H](NC(=O)CSc5cc(Cl)ccc5Cl)[C@H]4SC3)CCC1CC2. The number of piperidine rings is 3. The number of aliphatic carboxylic acids is 1. The van der Waals surface area contributed by atoms with Crippen LogP contribution < -0.4 is 16.4 Å². The van der Waals surface area contributed by atoms with Crippen molar-refractivity contribution < 1.29 is 28.8 Å². The van der Waals surface area contributed by atoms with Crippen molar-refractivity contribution in [3.63, 3.8) is 0 Å². The summed E-state index contributed by atoms with van der Waals surface area (Å²) in [6.07, 6.45) is 1.91. The Balaban J connectivity index is 1.25. The van der Waals surface area contributed by atoms with Crippen molar-refractivity contribution in [2.45, 2.75) is 35.2 Å². The van der Waals surface area contributed by atoms with E-state index in [4.69, 9.17) is 28.9 Å². The third-order valence-corrected chi connectivity index (χ3v) is 11.0. The van der Waals surface area contributed by atoms with Crippen LogP contribution in [0.15, 0.2) is 34.4 Å². The van der Waals surface area contributed by atoms with Crippen molar-refractivity contribution in [3.8, 4) is 0 Å². The summed E-state index contributed by atoms with van der Waals surface area (Å²) in [6, 6.07) is 4.22. The van der Waals surface area contributed by atoms with Gasteiger partial charge in [-0.3, -0.25) is 19.3 Å². The molecule has 3 atom stereocenters. The topological polar surface area (TPSA) is 142 Å². The van der Waals surface area contributed by atoms with Crippen LogP contribution in [0.2, 0.25) is 10.0 Å². The summed E-state index contributed by atoms with van der Waals surface area (Å²) in [5.41, 5.74) is 6.24. The second kappa shape index (κ2) is 11.5. The van der Waals surface area contributed by atoms with Gasteiger partial charge in [0.1, 0.15) is 23.7 Å². The Morgan fingerprint density at radius 2 is 1.92 bits per heavy atom. The number of quaternary nitrogens is 1. The molecule has 0 spiro atoms. The second-order valence-electron chi connectivity index (χ2n) is 10.4. The van der Waals surface area contributed by atoms with Crippen molar-refractivity contribution in [2.75, 3.05) is 44.2 Å². The van der Waals surface area contributed by atoms with Gasteiger partial charge in [-0.05, 0) is 24.1 Å². The van der Waals surface area contributed by atoms with Crippen LogP contribution >= 0.6 is 46.7 Å². The predicted molar refractivity (Wildman–Crippen MR) is 150 cm³/mol. The average Bonchev–Trinajstić information content (AvgIpc) is 2.92. The maximum absolute atomic E-state index is 13.1. The van der Waals surface area contributed by atoms with Crippen LogP contribution in [0.5, 0.6) is 0 Å². The highest BCUT2D eigenvalue weighted by Gasteiger charge is 2.55. The first-order valence-electron chi connectivity index (χ1n) is 12.7. The fraction of sp³-hybridized carbons (Fsp3) is 0.520. The predicted octanol–water partition coefficient (Wildman–Crippen LogP) is 1.51. The molecule has 0 aliphatic carbocycles. The Bertz CT molecular complexity index is 1240. The molecule has 0 saturated carbocycles. The zero-order valence-electron chi connectivity index (χ0n) is 21.0. The van der Waals surface area contributed by atoms with Crippen LogP contribution in [-0.2, 0) is 19.2 Å². The molecule has 14 heteroatoms. The molecule has 39 heavy (non-hydrogen) atoms. The van der Waals surface area contributed by atoms with Gasteiger partial charge in [0.25, 0.3) is 5.91 Å². The smallest absolute Gasteiger partial charge is 0.352 e. The van der Waals surface area contributed by atoms with Gasteiger partial charge in [0.15, 0.2) is 0 Å². The van der Waals surface area contributed by atoms with Gasteiger partial charge >= 0.3 is 5.97 Å². The van der Waals surface area contributed by atoms with Crippen molar-refractivity contribution in [1.82, 2.24) is 15.5 Å². The van der Waals surface area contributed by atoms with E-state index in [1.165, 1.54) is 28.4 Å². The van der Waals surface area contributed by atoms with Crippen LogP contribution in [0.1, 0.15) is 12.8 Å². The summed E-state index contributed by atoms with van der Waals surface area (Å²) in [6.45, 7) is 3.00. The van der Waals surface area contributed by atoms with Crippen molar-refractivity contribution >= 4 is 70.4 Å². The van der Waals surface area contributed by atoms with Crippen molar-refractivity contribution in [1.29, 1.82) is 0 Å². The number of amides is 3. The molecular weight excluding hydrogens is 585 g/mol. The molecule has 5 aliphatic heterocycles. The van der Waals surface area contributed by atoms with Gasteiger partial charge in [0, 0.05) is 34.1 Å². The molecule has 5 aliphatic rings. The normalized spacial score (nSPS) is 29.5. The van der Waals surface area contributed by atoms with Crippen LogP contribution in [0.25, 0.3) is 0 Å². The summed E-state index contributed by atoms with van der Waals surface area (Å²) < 4.78 is 0.689. The van der Waals surface area contributed by atoms with Gasteiger partial charge in [-0.2, -0.15) is 0 Å². The van der Waals surface area contributed by atoms with Gasteiger partial charge in [-0.25, -0.2) is 4.79 Å². The largest absolute Gasteiger partial charge is 0.477 e. The summed E-state index contributed by atoms with van der Waals surface area (Å²) in [5.74, 6) is -1.18. The van der Waals surface area contributed by atoms with E-state index >= 15 is 0 Å². The molecule has 2 bridgehead atoms. The second-order valence-corrected chi connectivity index (χ2v) is 13.4. The van der Waals surface area contributed by atoms with E-state index in [0.29, 0.717) is 37.6 Å². The van der Waals surface area contributed by atoms with Gasteiger partial charge in [0.05, 0.1) is 43.0 Å². The number of hydrogen-bond donors (Lipinski definition) is 4. The zero-order valence-corrected chi connectivity index (χ0v) is 24.2. The van der Waals surface area contributed by atoms with Gasteiger partial charge in [-0.15, -0.1) is 23.5 Å². The van der Waals surface area contributed by atoms with Gasteiger partial charge in [0.2, 0.25) is 11.8 Å². The number of thioether (sulfide) groups is 2. The molecule has 1 aromatic carbocycles. The van der Waals surface area contributed by atoms with E-state index in [9.17, 15) is 24.3 Å². The van der Waals surface area contributed by atoms with Gasteiger partial charge in [-0.1, -0.05) is 23.2 Å². The molecule has 5 N–H and O–H groups in total. The molecule has 6 rings (SSSR count). The molecule has 10 nitrogen and oxygen atoms in total.